The van der Waals surface area contributed by atoms with Crippen LogP contribution in [0.1, 0.15) is 25.5 Å². The van der Waals surface area contributed by atoms with Crippen molar-refractivity contribution in [1.82, 2.24) is 10.2 Å². The number of furan rings is 1. The van der Waals surface area contributed by atoms with E-state index in [0.29, 0.717) is 32.2 Å². The highest BCUT2D eigenvalue weighted by atomic mass is 127. The Balaban J connectivity index is 0.00000243. The van der Waals surface area contributed by atoms with E-state index in [-0.39, 0.29) is 36.1 Å². The summed E-state index contributed by atoms with van der Waals surface area (Å²) in [7, 11) is 0. The van der Waals surface area contributed by atoms with Crippen molar-refractivity contribution >= 4 is 47.0 Å². The molecule has 0 saturated carbocycles. The first-order valence-corrected chi connectivity index (χ1v) is 8.61. The zero-order valence-electron chi connectivity index (χ0n) is 14.8. The maximum atomic E-state index is 11.7. The van der Waals surface area contributed by atoms with Crippen LogP contribution in [0.15, 0.2) is 39.7 Å². The molecule has 1 aliphatic rings. The Morgan fingerprint density at radius 3 is 2.81 bits per heavy atom. The molecule has 2 aromatic rings. The molecule has 1 saturated heterocycles. The third kappa shape index (κ3) is 5.26. The maximum absolute atomic E-state index is 11.7. The Bertz CT molecular complexity index is 721. The van der Waals surface area contributed by atoms with Crippen molar-refractivity contribution in [3.05, 3.63) is 36.1 Å². The number of hydrogen-bond donors (Lipinski definition) is 2. The minimum Gasteiger partial charge on any atom is -0.459 e. The number of carbonyl (C=O) groups is 1. The number of ether oxygens (including phenoxy) is 1. The van der Waals surface area contributed by atoms with Crippen molar-refractivity contribution in [2.75, 3.05) is 19.7 Å². The number of piperidine rings is 1. The van der Waals surface area contributed by atoms with E-state index >= 15 is 0 Å². The number of hydrogen-bond acceptors (Lipinski definition) is 4. The first-order valence-electron chi connectivity index (χ1n) is 8.61. The molecule has 1 aliphatic heterocycles. The normalized spacial score (nSPS) is 15.6. The van der Waals surface area contributed by atoms with Gasteiger partial charge in [-0.15, -0.1) is 24.0 Å². The van der Waals surface area contributed by atoms with Crippen LogP contribution in [0, 0.1) is 0 Å². The van der Waals surface area contributed by atoms with E-state index in [0.717, 1.165) is 29.6 Å². The van der Waals surface area contributed by atoms with Crippen LogP contribution in [0.5, 0.6) is 0 Å². The summed E-state index contributed by atoms with van der Waals surface area (Å²) in [6.07, 6.45) is 1.40. The highest BCUT2D eigenvalue weighted by molar-refractivity contribution is 14.0. The number of halogens is 1. The molecular formula is C18H25IN4O3. The van der Waals surface area contributed by atoms with Crippen LogP contribution >= 0.6 is 24.0 Å². The number of aliphatic imine (C=N–C) groups is 1. The number of carbonyl (C=O) groups excluding carboxylic acids is 1. The summed E-state index contributed by atoms with van der Waals surface area (Å²) in [4.78, 5) is 17.8. The monoisotopic (exact) mass is 472 g/mol. The number of guanidine groups is 1. The summed E-state index contributed by atoms with van der Waals surface area (Å²) in [5.41, 5.74) is 6.83. The van der Waals surface area contributed by atoms with Gasteiger partial charge < -0.3 is 25.1 Å². The summed E-state index contributed by atoms with van der Waals surface area (Å²) in [5.74, 6) is 1.18. The summed E-state index contributed by atoms with van der Waals surface area (Å²) in [6.45, 7) is 3.93. The third-order valence-electron chi connectivity index (χ3n) is 4.25. The second kappa shape index (κ2) is 9.65. The van der Waals surface area contributed by atoms with Crippen LogP contribution in [-0.2, 0) is 11.3 Å². The molecule has 2 heterocycles. The molecule has 1 fully saturated rings. The van der Waals surface area contributed by atoms with Gasteiger partial charge in [-0.25, -0.2) is 9.79 Å². The summed E-state index contributed by atoms with van der Waals surface area (Å²) >= 11 is 0. The van der Waals surface area contributed by atoms with Gasteiger partial charge in [-0.3, -0.25) is 0 Å². The van der Waals surface area contributed by atoms with Crippen LogP contribution in [0.2, 0.25) is 0 Å². The van der Waals surface area contributed by atoms with E-state index < -0.39 is 0 Å². The molecule has 0 atom stereocenters. The molecule has 1 aromatic carbocycles. The van der Waals surface area contributed by atoms with E-state index in [1.807, 2.05) is 37.3 Å². The smallest absolute Gasteiger partial charge is 0.409 e. The minimum absolute atomic E-state index is 0. The Morgan fingerprint density at radius 2 is 2.12 bits per heavy atom. The quantitative estimate of drug-likeness (QED) is 0.406. The zero-order chi connectivity index (χ0) is 17.6. The first-order chi connectivity index (χ1) is 12.2. The SMILES string of the molecule is CCOC(=O)N1CCC(NC(N)=NCc2cc3ccccc3o2)CC1.I. The molecule has 0 unspecified atom stereocenters. The number of benzene rings is 1. The fraction of sp³-hybridized carbons (Fsp3) is 0.444. The van der Waals surface area contributed by atoms with Gasteiger partial charge >= 0.3 is 6.09 Å². The summed E-state index contributed by atoms with van der Waals surface area (Å²) < 4.78 is 10.7. The van der Waals surface area contributed by atoms with Crippen molar-refractivity contribution in [3.8, 4) is 0 Å². The van der Waals surface area contributed by atoms with Gasteiger partial charge in [-0.2, -0.15) is 0 Å². The van der Waals surface area contributed by atoms with Gasteiger partial charge in [0.2, 0.25) is 0 Å². The predicted molar refractivity (Wildman–Crippen MR) is 112 cm³/mol. The van der Waals surface area contributed by atoms with Crippen molar-refractivity contribution in [2.45, 2.75) is 32.4 Å². The summed E-state index contributed by atoms with van der Waals surface area (Å²) in [6, 6.07) is 10.0. The van der Waals surface area contributed by atoms with Crippen LogP contribution < -0.4 is 11.1 Å². The average molecular weight is 472 g/mol. The number of para-hydroxylation sites is 1. The van der Waals surface area contributed by atoms with Crippen molar-refractivity contribution < 1.29 is 13.9 Å². The zero-order valence-corrected chi connectivity index (χ0v) is 17.1. The Morgan fingerprint density at radius 1 is 1.38 bits per heavy atom. The molecule has 3 rings (SSSR count). The largest absolute Gasteiger partial charge is 0.459 e. The maximum Gasteiger partial charge on any atom is 0.409 e. The van der Waals surface area contributed by atoms with Crippen LogP contribution in [0.25, 0.3) is 11.0 Å². The van der Waals surface area contributed by atoms with Gasteiger partial charge in [0.25, 0.3) is 0 Å². The highest BCUT2D eigenvalue weighted by Crippen LogP contribution is 2.19. The topological polar surface area (TPSA) is 93.1 Å². The number of rotatable bonds is 4. The van der Waals surface area contributed by atoms with Gasteiger partial charge in [0.1, 0.15) is 17.9 Å². The van der Waals surface area contributed by atoms with E-state index in [2.05, 4.69) is 10.3 Å². The number of nitrogens with zero attached hydrogens (tertiary/aromatic N) is 2. The predicted octanol–water partition coefficient (Wildman–Crippen LogP) is 3.08. The lowest BCUT2D eigenvalue weighted by Gasteiger charge is -2.31. The van der Waals surface area contributed by atoms with E-state index in [1.54, 1.807) is 4.90 Å². The number of fused-ring (bicyclic) bond motifs is 1. The first kappa shape index (κ1) is 20.3. The summed E-state index contributed by atoms with van der Waals surface area (Å²) in [5, 5.41) is 4.28. The van der Waals surface area contributed by atoms with Gasteiger partial charge in [0.05, 0.1) is 6.61 Å². The lowest BCUT2D eigenvalue weighted by atomic mass is 10.1. The lowest BCUT2D eigenvalue weighted by molar-refractivity contribution is 0.0963. The van der Waals surface area contributed by atoms with Crippen LogP contribution in [0.4, 0.5) is 4.79 Å². The number of nitrogens with two attached hydrogens (primary N) is 1. The standard InChI is InChI=1S/C18H24N4O3.HI/c1-2-24-18(23)22-9-7-14(8-10-22)21-17(19)20-12-15-11-13-5-3-4-6-16(13)25-15;/h3-6,11,14H,2,7-10,12H2,1H3,(H3,19,20,21);1H. The fourth-order valence-electron chi connectivity index (χ4n) is 2.95. The number of nitrogens with one attached hydrogen (secondary N) is 1. The van der Waals surface area contributed by atoms with Crippen LogP contribution in [0.3, 0.4) is 0 Å². The molecule has 7 nitrogen and oxygen atoms in total. The molecule has 0 aliphatic carbocycles. The Hall–Kier alpha value is -1.97. The Labute approximate surface area is 170 Å². The third-order valence-corrected chi connectivity index (χ3v) is 4.25. The molecule has 8 heteroatoms. The van der Waals surface area contributed by atoms with E-state index in [1.165, 1.54) is 0 Å². The number of likely N-dealkylation sites (tertiary alicyclic amines) is 1. The van der Waals surface area contributed by atoms with Crippen molar-refractivity contribution in [1.29, 1.82) is 0 Å². The molecule has 3 N–H and O–H groups in total. The molecule has 1 aromatic heterocycles. The molecule has 0 radical (unpaired) electrons. The lowest BCUT2D eigenvalue weighted by Crippen LogP contribution is -2.48. The van der Waals surface area contributed by atoms with E-state index in [9.17, 15) is 4.79 Å². The van der Waals surface area contributed by atoms with Gasteiger partial charge in [0, 0.05) is 24.5 Å². The van der Waals surface area contributed by atoms with Gasteiger partial charge in [-0.1, -0.05) is 18.2 Å². The average Bonchev–Trinajstić information content (AvgIpc) is 3.04. The molecular weight excluding hydrogens is 447 g/mol. The van der Waals surface area contributed by atoms with Crippen LogP contribution in [-0.4, -0.2) is 42.7 Å². The molecule has 0 spiro atoms. The van der Waals surface area contributed by atoms with Gasteiger partial charge in [-0.05, 0) is 31.9 Å². The number of amides is 1. The second-order valence-electron chi connectivity index (χ2n) is 6.06. The van der Waals surface area contributed by atoms with E-state index in [4.69, 9.17) is 14.9 Å². The van der Waals surface area contributed by atoms with Gasteiger partial charge in [0.15, 0.2) is 5.96 Å². The fourth-order valence-corrected chi connectivity index (χ4v) is 2.95. The minimum atomic E-state index is -0.243. The molecule has 0 bridgehead atoms. The molecule has 1 amide bonds. The molecule has 26 heavy (non-hydrogen) atoms. The second-order valence-corrected chi connectivity index (χ2v) is 6.06. The van der Waals surface area contributed by atoms with Crippen molar-refractivity contribution in [2.24, 2.45) is 10.7 Å². The Kier molecular flexibility index (Phi) is 7.55. The van der Waals surface area contributed by atoms with Crippen molar-refractivity contribution in [3.63, 3.8) is 0 Å². The molecule has 142 valence electrons. The highest BCUT2D eigenvalue weighted by Gasteiger charge is 2.23.